The molecule has 1 unspecified atom stereocenters. The van der Waals surface area contributed by atoms with Gasteiger partial charge in [-0.3, -0.25) is 4.98 Å². The van der Waals surface area contributed by atoms with E-state index in [0.29, 0.717) is 0 Å². The maximum absolute atomic E-state index is 6.08. The van der Waals surface area contributed by atoms with Gasteiger partial charge < -0.3 is 5.73 Å². The van der Waals surface area contributed by atoms with Crippen LogP contribution in [0, 0.1) is 0 Å². The van der Waals surface area contributed by atoms with E-state index in [1.165, 1.54) is 0 Å². The van der Waals surface area contributed by atoms with E-state index in [-0.39, 0.29) is 6.04 Å². The third kappa shape index (κ3) is 2.28. The Labute approximate surface area is 117 Å². The Kier molecular flexibility index (Phi) is 3.43. The second-order valence-corrected chi connectivity index (χ2v) is 4.86. The lowest BCUT2D eigenvalue weighted by molar-refractivity contribution is 0.619. The van der Waals surface area contributed by atoms with Gasteiger partial charge in [0, 0.05) is 17.8 Å². The SMILES string of the molecule is CCCC(N)c1cn(-c2cccc3ccncc23)nn1. The number of pyridine rings is 1. The van der Waals surface area contributed by atoms with E-state index in [9.17, 15) is 0 Å². The first-order valence-electron chi connectivity index (χ1n) is 6.80. The number of aromatic nitrogens is 4. The Bertz CT molecular complexity index is 714. The van der Waals surface area contributed by atoms with Crippen LogP contribution in [0.15, 0.2) is 42.9 Å². The number of fused-ring (bicyclic) bond motifs is 1. The number of nitrogens with two attached hydrogens (primary N) is 1. The fourth-order valence-corrected chi connectivity index (χ4v) is 2.32. The highest BCUT2D eigenvalue weighted by Gasteiger charge is 2.11. The molecule has 0 bridgehead atoms. The van der Waals surface area contributed by atoms with E-state index in [4.69, 9.17) is 5.73 Å². The summed E-state index contributed by atoms with van der Waals surface area (Å²) in [5.41, 5.74) is 7.88. The third-order valence-electron chi connectivity index (χ3n) is 3.40. The summed E-state index contributed by atoms with van der Waals surface area (Å²) in [4.78, 5) is 4.18. The summed E-state index contributed by atoms with van der Waals surface area (Å²) in [6, 6.07) is 8.00. The standard InChI is InChI=1S/C15H17N5/c1-2-4-13(16)14-10-20(19-18-14)15-6-3-5-11-7-8-17-9-12(11)15/h3,5-10,13H,2,4,16H2,1H3. The summed E-state index contributed by atoms with van der Waals surface area (Å²) in [5, 5.41) is 10.6. The first kappa shape index (κ1) is 12.7. The van der Waals surface area contributed by atoms with Crippen molar-refractivity contribution in [1.29, 1.82) is 0 Å². The van der Waals surface area contributed by atoms with Crippen LogP contribution in [0.25, 0.3) is 16.5 Å². The Morgan fingerprint density at radius 2 is 2.20 bits per heavy atom. The van der Waals surface area contributed by atoms with Crippen LogP contribution in [-0.4, -0.2) is 20.0 Å². The zero-order valence-electron chi connectivity index (χ0n) is 11.4. The molecule has 1 aromatic carbocycles. The fraction of sp³-hybridized carbons (Fsp3) is 0.267. The third-order valence-corrected chi connectivity index (χ3v) is 3.40. The van der Waals surface area contributed by atoms with E-state index in [0.717, 1.165) is 35.0 Å². The minimum atomic E-state index is -0.0538. The van der Waals surface area contributed by atoms with Crippen LogP contribution in [0.2, 0.25) is 0 Å². The van der Waals surface area contributed by atoms with Gasteiger partial charge in [-0.2, -0.15) is 0 Å². The molecule has 0 amide bonds. The molecule has 102 valence electrons. The first-order valence-corrected chi connectivity index (χ1v) is 6.80. The molecule has 0 aliphatic heterocycles. The minimum Gasteiger partial charge on any atom is -0.323 e. The van der Waals surface area contributed by atoms with E-state index in [1.54, 1.807) is 10.9 Å². The van der Waals surface area contributed by atoms with Crippen molar-refractivity contribution < 1.29 is 0 Å². The Morgan fingerprint density at radius 1 is 1.30 bits per heavy atom. The summed E-state index contributed by atoms with van der Waals surface area (Å²) in [7, 11) is 0. The largest absolute Gasteiger partial charge is 0.323 e. The molecule has 3 aromatic rings. The average molecular weight is 267 g/mol. The molecule has 0 aliphatic rings. The van der Waals surface area contributed by atoms with Gasteiger partial charge in [-0.1, -0.05) is 30.7 Å². The van der Waals surface area contributed by atoms with Gasteiger partial charge in [-0.15, -0.1) is 5.10 Å². The Balaban J connectivity index is 2.03. The quantitative estimate of drug-likeness (QED) is 0.789. The van der Waals surface area contributed by atoms with Crippen LogP contribution < -0.4 is 5.73 Å². The summed E-state index contributed by atoms with van der Waals surface area (Å²) >= 11 is 0. The summed E-state index contributed by atoms with van der Waals surface area (Å²) in [5.74, 6) is 0. The molecule has 0 aliphatic carbocycles. The fourth-order valence-electron chi connectivity index (χ4n) is 2.32. The molecule has 0 saturated heterocycles. The van der Waals surface area contributed by atoms with Gasteiger partial charge in [0.1, 0.15) is 0 Å². The lowest BCUT2D eigenvalue weighted by Gasteiger charge is -2.06. The van der Waals surface area contributed by atoms with Gasteiger partial charge in [0.15, 0.2) is 0 Å². The first-order chi connectivity index (χ1) is 9.79. The van der Waals surface area contributed by atoms with Gasteiger partial charge in [-0.25, -0.2) is 4.68 Å². The smallest absolute Gasteiger partial charge is 0.0998 e. The maximum atomic E-state index is 6.08. The average Bonchev–Trinajstić information content (AvgIpc) is 2.97. The van der Waals surface area contributed by atoms with E-state index < -0.39 is 0 Å². The zero-order chi connectivity index (χ0) is 13.9. The van der Waals surface area contributed by atoms with E-state index in [1.807, 2.05) is 30.6 Å². The van der Waals surface area contributed by atoms with Crippen molar-refractivity contribution >= 4 is 10.8 Å². The van der Waals surface area contributed by atoms with Gasteiger partial charge in [-0.05, 0) is 23.9 Å². The van der Waals surface area contributed by atoms with Crippen molar-refractivity contribution in [3.8, 4) is 5.69 Å². The van der Waals surface area contributed by atoms with Crippen molar-refractivity contribution in [1.82, 2.24) is 20.0 Å². The van der Waals surface area contributed by atoms with Gasteiger partial charge in [0.05, 0.1) is 23.6 Å². The van der Waals surface area contributed by atoms with E-state index >= 15 is 0 Å². The molecular formula is C15H17N5. The molecule has 2 N–H and O–H groups in total. The van der Waals surface area contributed by atoms with Crippen LogP contribution in [0.1, 0.15) is 31.5 Å². The van der Waals surface area contributed by atoms with Crippen LogP contribution in [0.4, 0.5) is 0 Å². The number of benzene rings is 1. The van der Waals surface area contributed by atoms with Gasteiger partial charge in [0.2, 0.25) is 0 Å². The predicted octanol–water partition coefficient (Wildman–Crippen LogP) is 2.62. The molecule has 2 heterocycles. The normalized spacial score (nSPS) is 12.7. The highest BCUT2D eigenvalue weighted by atomic mass is 15.4. The zero-order valence-corrected chi connectivity index (χ0v) is 11.4. The molecular weight excluding hydrogens is 250 g/mol. The van der Waals surface area contributed by atoms with Crippen molar-refractivity contribution in [2.45, 2.75) is 25.8 Å². The highest BCUT2D eigenvalue weighted by Crippen LogP contribution is 2.21. The van der Waals surface area contributed by atoms with Crippen molar-refractivity contribution in [3.05, 3.63) is 48.5 Å². The van der Waals surface area contributed by atoms with Gasteiger partial charge >= 0.3 is 0 Å². The summed E-state index contributed by atoms with van der Waals surface area (Å²) in [6.07, 6.45) is 7.48. The maximum Gasteiger partial charge on any atom is 0.0998 e. The predicted molar refractivity (Wildman–Crippen MR) is 78.5 cm³/mol. The molecule has 1 atom stereocenters. The minimum absolute atomic E-state index is 0.0538. The van der Waals surface area contributed by atoms with Crippen LogP contribution in [0.3, 0.4) is 0 Å². The molecule has 2 aromatic heterocycles. The lowest BCUT2D eigenvalue weighted by atomic mass is 10.1. The molecule has 3 rings (SSSR count). The number of hydrogen-bond acceptors (Lipinski definition) is 4. The van der Waals surface area contributed by atoms with Crippen LogP contribution >= 0.6 is 0 Å². The molecule has 0 fully saturated rings. The lowest BCUT2D eigenvalue weighted by Crippen LogP contribution is -2.10. The molecule has 20 heavy (non-hydrogen) atoms. The molecule has 5 nitrogen and oxygen atoms in total. The highest BCUT2D eigenvalue weighted by molar-refractivity contribution is 5.89. The van der Waals surface area contributed by atoms with Crippen molar-refractivity contribution in [2.24, 2.45) is 5.73 Å². The number of rotatable bonds is 4. The van der Waals surface area contributed by atoms with Crippen molar-refractivity contribution in [3.63, 3.8) is 0 Å². The van der Waals surface area contributed by atoms with Gasteiger partial charge in [0.25, 0.3) is 0 Å². The van der Waals surface area contributed by atoms with Crippen molar-refractivity contribution in [2.75, 3.05) is 0 Å². The second kappa shape index (κ2) is 5.38. The van der Waals surface area contributed by atoms with Crippen LogP contribution in [0.5, 0.6) is 0 Å². The molecule has 0 radical (unpaired) electrons. The molecule has 5 heteroatoms. The van der Waals surface area contributed by atoms with E-state index in [2.05, 4.69) is 28.3 Å². The Hall–Kier alpha value is -2.27. The van der Waals surface area contributed by atoms with Crippen LogP contribution in [-0.2, 0) is 0 Å². The molecule has 0 saturated carbocycles. The topological polar surface area (TPSA) is 69.6 Å². The number of nitrogens with zero attached hydrogens (tertiary/aromatic N) is 4. The second-order valence-electron chi connectivity index (χ2n) is 4.86. The summed E-state index contributed by atoms with van der Waals surface area (Å²) in [6.45, 7) is 2.11. The number of hydrogen-bond donors (Lipinski definition) is 1. The monoisotopic (exact) mass is 267 g/mol. The molecule has 0 spiro atoms. The summed E-state index contributed by atoms with van der Waals surface area (Å²) < 4.78 is 1.77. The Morgan fingerprint density at radius 3 is 3.05 bits per heavy atom.